The molecule has 0 atom stereocenters. The number of imidazole rings is 1. The van der Waals surface area contributed by atoms with Gasteiger partial charge in [-0.1, -0.05) is 40.0 Å². The molecule has 0 saturated heterocycles. The molecule has 1 fully saturated rings. The van der Waals surface area contributed by atoms with Gasteiger partial charge in [0.25, 0.3) is 0 Å². The predicted molar refractivity (Wildman–Crippen MR) is 81.3 cm³/mol. The summed E-state index contributed by atoms with van der Waals surface area (Å²) in [6.07, 6.45) is 11.0. The highest BCUT2D eigenvalue weighted by atomic mass is 15.2. The summed E-state index contributed by atoms with van der Waals surface area (Å²) in [6.45, 7) is 8.92. The number of hydrogen-bond acceptors (Lipinski definition) is 2. The molecule has 0 radical (unpaired) electrons. The smallest absolute Gasteiger partial charge is 0.202 e. The molecule has 1 N–H and O–H groups in total. The Balaban J connectivity index is 1.84. The van der Waals surface area contributed by atoms with E-state index in [1.165, 1.54) is 32.1 Å². The standard InChI is InChI=1S/C16H29N3/c1-4-14-5-7-15(8-6-14)12-19-10-9-17-16(19)18-11-13(2)3/h9-10,13-15H,4-8,11-12H2,1-3H3,(H,17,18). The average molecular weight is 263 g/mol. The highest BCUT2D eigenvalue weighted by Gasteiger charge is 2.20. The molecule has 108 valence electrons. The maximum absolute atomic E-state index is 4.44. The van der Waals surface area contributed by atoms with Gasteiger partial charge >= 0.3 is 0 Å². The van der Waals surface area contributed by atoms with Crippen molar-refractivity contribution in [3.05, 3.63) is 12.4 Å². The van der Waals surface area contributed by atoms with Crippen molar-refractivity contribution in [2.45, 2.75) is 59.4 Å². The summed E-state index contributed by atoms with van der Waals surface area (Å²) in [7, 11) is 0. The maximum Gasteiger partial charge on any atom is 0.202 e. The van der Waals surface area contributed by atoms with Gasteiger partial charge in [0.2, 0.25) is 5.95 Å². The summed E-state index contributed by atoms with van der Waals surface area (Å²) in [5.74, 6) is 3.53. The molecule has 0 aliphatic heterocycles. The van der Waals surface area contributed by atoms with Gasteiger partial charge in [-0.2, -0.15) is 0 Å². The first-order valence-corrected chi connectivity index (χ1v) is 7.94. The number of anilines is 1. The van der Waals surface area contributed by atoms with E-state index in [2.05, 4.69) is 41.8 Å². The fraction of sp³-hybridized carbons (Fsp3) is 0.812. The third-order valence-corrected chi connectivity index (χ3v) is 4.38. The van der Waals surface area contributed by atoms with Gasteiger partial charge < -0.3 is 9.88 Å². The first-order valence-electron chi connectivity index (χ1n) is 7.94. The molecule has 0 aromatic carbocycles. The van der Waals surface area contributed by atoms with E-state index in [9.17, 15) is 0 Å². The van der Waals surface area contributed by atoms with Crippen LogP contribution in [0.3, 0.4) is 0 Å². The van der Waals surface area contributed by atoms with Crippen LogP contribution in [0, 0.1) is 17.8 Å². The van der Waals surface area contributed by atoms with Crippen LogP contribution in [0.2, 0.25) is 0 Å². The third kappa shape index (κ3) is 4.26. The van der Waals surface area contributed by atoms with E-state index in [1.54, 1.807) is 0 Å². The van der Waals surface area contributed by atoms with E-state index in [-0.39, 0.29) is 0 Å². The molecular formula is C16H29N3. The molecule has 0 unspecified atom stereocenters. The van der Waals surface area contributed by atoms with Crippen LogP contribution in [-0.4, -0.2) is 16.1 Å². The Hall–Kier alpha value is -0.990. The Kier molecular flexibility index (Phi) is 5.29. The van der Waals surface area contributed by atoms with Gasteiger partial charge in [-0.25, -0.2) is 4.98 Å². The molecular weight excluding hydrogens is 234 g/mol. The van der Waals surface area contributed by atoms with E-state index < -0.39 is 0 Å². The van der Waals surface area contributed by atoms with Crippen molar-refractivity contribution in [2.24, 2.45) is 17.8 Å². The molecule has 3 nitrogen and oxygen atoms in total. The molecule has 1 heterocycles. The average Bonchev–Trinajstić information content (AvgIpc) is 2.84. The van der Waals surface area contributed by atoms with Crippen LogP contribution < -0.4 is 5.32 Å². The zero-order valence-electron chi connectivity index (χ0n) is 12.7. The molecule has 3 heteroatoms. The molecule has 1 aliphatic rings. The lowest BCUT2D eigenvalue weighted by Crippen LogP contribution is -2.20. The molecule has 1 saturated carbocycles. The number of rotatable bonds is 6. The number of nitrogens with one attached hydrogen (secondary N) is 1. The molecule has 0 amide bonds. The number of nitrogens with zero attached hydrogens (tertiary/aromatic N) is 2. The van der Waals surface area contributed by atoms with Crippen molar-refractivity contribution in [2.75, 3.05) is 11.9 Å². The summed E-state index contributed by atoms with van der Waals surface area (Å²) in [4.78, 5) is 4.44. The topological polar surface area (TPSA) is 29.9 Å². The zero-order valence-corrected chi connectivity index (χ0v) is 12.7. The van der Waals surface area contributed by atoms with Gasteiger partial charge in [-0.05, 0) is 30.6 Å². The second-order valence-electron chi connectivity index (χ2n) is 6.47. The summed E-state index contributed by atoms with van der Waals surface area (Å²) in [5.41, 5.74) is 0. The predicted octanol–water partition coefficient (Wildman–Crippen LogP) is 4.17. The van der Waals surface area contributed by atoms with E-state index in [4.69, 9.17) is 0 Å². The van der Waals surface area contributed by atoms with Crippen molar-refractivity contribution in [3.8, 4) is 0 Å². The lowest BCUT2D eigenvalue weighted by Gasteiger charge is -2.28. The Morgan fingerprint density at radius 2 is 1.95 bits per heavy atom. The lowest BCUT2D eigenvalue weighted by atomic mass is 9.81. The van der Waals surface area contributed by atoms with Crippen LogP contribution in [0.5, 0.6) is 0 Å². The molecule has 2 rings (SSSR count). The van der Waals surface area contributed by atoms with Crippen LogP contribution in [0.25, 0.3) is 0 Å². The fourth-order valence-electron chi connectivity index (χ4n) is 3.02. The van der Waals surface area contributed by atoms with E-state index in [0.717, 1.165) is 30.9 Å². The van der Waals surface area contributed by atoms with Gasteiger partial charge in [0, 0.05) is 25.5 Å². The van der Waals surface area contributed by atoms with Crippen molar-refractivity contribution < 1.29 is 0 Å². The summed E-state index contributed by atoms with van der Waals surface area (Å²) in [5, 5.41) is 3.45. The summed E-state index contributed by atoms with van der Waals surface area (Å²) in [6, 6.07) is 0. The molecule has 0 spiro atoms. The van der Waals surface area contributed by atoms with Gasteiger partial charge in [-0.15, -0.1) is 0 Å². The van der Waals surface area contributed by atoms with Crippen LogP contribution in [-0.2, 0) is 6.54 Å². The largest absolute Gasteiger partial charge is 0.355 e. The Morgan fingerprint density at radius 3 is 2.58 bits per heavy atom. The molecule has 19 heavy (non-hydrogen) atoms. The number of aromatic nitrogens is 2. The second-order valence-corrected chi connectivity index (χ2v) is 6.47. The van der Waals surface area contributed by atoms with E-state index in [1.807, 2.05) is 6.20 Å². The van der Waals surface area contributed by atoms with Crippen LogP contribution >= 0.6 is 0 Å². The monoisotopic (exact) mass is 263 g/mol. The highest BCUT2D eigenvalue weighted by molar-refractivity contribution is 5.25. The Labute approximate surface area is 117 Å². The first kappa shape index (κ1) is 14.4. The third-order valence-electron chi connectivity index (χ3n) is 4.38. The minimum Gasteiger partial charge on any atom is -0.355 e. The summed E-state index contributed by atoms with van der Waals surface area (Å²) < 4.78 is 2.30. The molecule has 0 bridgehead atoms. The van der Waals surface area contributed by atoms with Crippen molar-refractivity contribution in [3.63, 3.8) is 0 Å². The van der Waals surface area contributed by atoms with Gasteiger partial charge in [0.05, 0.1) is 0 Å². The fourth-order valence-corrected chi connectivity index (χ4v) is 3.02. The van der Waals surface area contributed by atoms with E-state index in [0.29, 0.717) is 5.92 Å². The van der Waals surface area contributed by atoms with Crippen molar-refractivity contribution in [1.82, 2.24) is 9.55 Å². The lowest BCUT2D eigenvalue weighted by molar-refractivity contribution is 0.248. The molecule has 1 aromatic heterocycles. The van der Waals surface area contributed by atoms with Gasteiger partial charge in [0.1, 0.15) is 0 Å². The highest BCUT2D eigenvalue weighted by Crippen LogP contribution is 2.31. The van der Waals surface area contributed by atoms with Gasteiger partial charge in [-0.3, -0.25) is 0 Å². The minimum atomic E-state index is 0.658. The Morgan fingerprint density at radius 1 is 1.26 bits per heavy atom. The normalized spacial score (nSPS) is 23.8. The second kappa shape index (κ2) is 6.97. The van der Waals surface area contributed by atoms with Crippen molar-refractivity contribution in [1.29, 1.82) is 0 Å². The van der Waals surface area contributed by atoms with Crippen LogP contribution in [0.1, 0.15) is 52.9 Å². The number of hydrogen-bond donors (Lipinski definition) is 1. The first-order chi connectivity index (χ1) is 9.19. The van der Waals surface area contributed by atoms with Crippen molar-refractivity contribution >= 4 is 5.95 Å². The zero-order chi connectivity index (χ0) is 13.7. The summed E-state index contributed by atoms with van der Waals surface area (Å²) >= 11 is 0. The molecule has 1 aliphatic carbocycles. The quantitative estimate of drug-likeness (QED) is 0.835. The van der Waals surface area contributed by atoms with Gasteiger partial charge in [0.15, 0.2) is 0 Å². The van der Waals surface area contributed by atoms with Crippen LogP contribution in [0.4, 0.5) is 5.95 Å². The van der Waals surface area contributed by atoms with Crippen LogP contribution in [0.15, 0.2) is 12.4 Å². The maximum atomic E-state index is 4.44. The SMILES string of the molecule is CCC1CCC(Cn2ccnc2NCC(C)C)CC1. The molecule has 1 aromatic rings. The minimum absolute atomic E-state index is 0.658. The Bertz CT molecular complexity index is 362. The van der Waals surface area contributed by atoms with E-state index >= 15 is 0 Å².